The molecule has 2 aromatic carbocycles. The molecule has 0 aliphatic heterocycles. The second kappa shape index (κ2) is 5.94. The molecule has 0 bridgehead atoms. The Bertz CT molecular complexity index is 752. The zero-order chi connectivity index (χ0) is 14.8. The zero-order valence-corrected chi connectivity index (χ0v) is 12.6. The van der Waals surface area contributed by atoms with E-state index in [-0.39, 0.29) is 0 Å². The predicted molar refractivity (Wildman–Crippen MR) is 86.8 cm³/mol. The predicted octanol–water partition coefficient (Wildman–Crippen LogP) is 5.07. The Kier molecular flexibility index (Phi) is 4.02. The van der Waals surface area contributed by atoms with Crippen LogP contribution in [0.3, 0.4) is 0 Å². The summed E-state index contributed by atoms with van der Waals surface area (Å²) in [5.41, 5.74) is 3.41. The minimum absolute atomic E-state index is 0.454. The quantitative estimate of drug-likeness (QED) is 0.695. The number of nitrogens with one attached hydrogen (secondary N) is 1. The van der Waals surface area contributed by atoms with Gasteiger partial charge in [0.2, 0.25) is 0 Å². The average molecular weight is 318 g/mol. The van der Waals surface area contributed by atoms with Gasteiger partial charge in [-0.25, -0.2) is 0 Å². The molecule has 106 valence electrons. The van der Waals surface area contributed by atoms with Gasteiger partial charge in [-0.3, -0.25) is 0 Å². The summed E-state index contributed by atoms with van der Waals surface area (Å²) in [5.74, 6) is 0. The third-order valence-corrected chi connectivity index (χ3v) is 3.98. The highest BCUT2D eigenvalue weighted by molar-refractivity contribution is 6.35. The summed E-state index contributed by atoms with van der Waals surface area (Å²) in [5, 5.41) is 11.7. The maximum Gasteiger partial charge on any atom is 0.108 e. The van der Waals surface area contributed by atoms with Crippen LogP contribution in [0, 0.1) is 0 Å². The van der Waals surface area contributed by atoms with Gasteiger partial charge in [-0.2, -0.15) is 0 Å². The zero-order valence-electron chi connectivity index (χ0n) is 11.1. The van der Waals surface area contributed by atoms with Crippen LogP contribution in [0.1, 0.15) is 17.2 Å². The van der Waals surface area contributed by atoms with E-state index in [4.69, 9.17) is 23.2 Å². The molecule has 4 heteroatoms. The number of halogens is 2. The van der Waals surface area contributed by atoms with E-state index in [1.54, 1.807) is 24.4 Å². The Labute approximate surface area is 133 Å². The largest absolute Gasteiger partial charge is 0.384 e. The van der Waals surface area contributed by atoms with Crippen LogP contribution in [0.4, 0.5) is 0 Å². The van der Waals surface area contributed by atoms with Crippen molar-refractivity contribution < 1.29 is 5.11 Å². The smallest absolute Gasteiger partial charge is 0.108 e. The molecule has 0 aliphatic carbocycles. The molecule has 21 heavy (non-hydrogen) atoms. The molecule has 3 rings (SSSR count). The van der Waals surface area contributed by atoms with Crippen LogP contribution >= 0.6 is 23.2 Å². The first-order valence-electron chi connectivity index (χ1n) is 6.52. The summed E-state index contributed by atoms with van der Waals surface area (Å²) >= 11 is 12.1. The van der Waals surface area contributed by atoms with Crippen molar-refractivity contribution >= 4 is 23.2 Å². The molecule has 0 aliphatic rings. The molecule has 0 saturated carbocycles. The van der Waals surface area contributed by atoms with Crippen LogP contribution < -0.4 is 0 Å². The monoisotopic (exact) mass is 317 g/mol. The number of benzene rings is 2. The fraction of sp³-hybridized carbons (Fsp3) is 0.0588. The lowest BCUT2D eigenvalue weighted by Crippen LogP contribution is -2.00. The molecule has 1 heterocycles. The van der Waals surface area contributed by atoms with Gasteiger partial charge in [0.25, 0.3) is 0 Å². The third kappa shape index (κ3) is 2.84. The van der Waals surface area contributed by atoms with Gasteiger partial charge < -0.3 is 10.1 Å². The van der Waals surface area contributed by atoms with Crippen molar-refractivity contribution in [1.29, 1.82) is 0 Å². The Balaban J connectivity index is 2.03. The van der Waals surface area contributed by atoms with Gasteiger partial charge in [-0.05, 0) is 17.7 Å². The molecule has 0 fully saturated rings. The first kappa shape index (κ1) is 14.2. The Morgan fingerprint density at radius 1 is 0.905 bits per heavy atom. The van der Waals surface area contributed by atoms with Crippen LogP contribution in [0.15, 0.2) is 60.9 Å². The molecule has 0 spiro atoms. The number of H-pyrrole nitrogens is 1. The van der Waals surface area contributed by atoms with Crippen LogP contribution in [-0.2, 0) is 0 Å². The number of hydrogen-bond acceptors (Lipinski definition) is 1. The highest BCUT2D eigenvalue weighted by Crippen LogP contribution is 2.35. The summed E-state index contributed by atoms with van der Waals surface area (Å²) in [7, 11) is 0. The van der Waals surface area contributed by atoms with Gasteiger partial charge in [0, 0.05) is 39.1 Å². The lowest BCUT2D eigenvalue weighted by atomic mass is 9.97. The normalized spacial score (nSPS) is 12.3. The molecule has 3 aromatic rings. The van der Waals surface area contributed by atoms with Gasteiger partial charge in [0.05, 0.1) is 0 Å². The van der Waals surface area contributed by atoms with Crippen LogP contribution in [0.2, 0.25) is 10.0 Å². The number of aromatic amines is 1. The minimum Gasteiger partial charge on any atom is -0.384 e. The van der Waals surface area contributed by atoms with Gasteiger partial charge in [0.15, 0.2) is 0 Å². The highest BCUT2D eigenvalue weighted by Gasteiger charge is 2.19. The average Bonchev–Trinajstić information content (AvgIpc) is 2.97. The fourth-order valence-electron chi connectivity index (χ4n) is 2.36. The van der Waals surface area contributed by atoms with Crippen LogP contribution in [-0.4, -0.2) is 10.1 Å². The van der Waals surface area contributed by atoms with Crippen molar-refractivity contribution in [3.05, 3.63) is 82.1 Å². The summed E-state index contributed by atoms with van der Waals surface area (Å²) in [6.45, 7) is 0. The topological polar surface area (TPSA) is 36.0 Å². The maximum atomic E-state index is 10.6. The number of rotatable bonds is 3. The molecule has 2 N–H and O–H groups in total. The number of aliphatic hydroxyl groups excluding tert-OH is 1. The van der Waals surface area contributed by atoms with E-state index in [0.717, 1.165) is 16.7 Å². The SMILES string of the molecule is OC(c1ccc(Cl)cc1Cl)c1c[nH]cc1-c1ccccc1. The third-order valence-electron chi connectivity index (χ3n) is 3.41. The molecule has 0 saturated heterocycles. The Hall–Kier alpha value is -1.74. The summed E-state index contributed by atoms with van der Waals surface area (Å²) in [6, 6.07) is 15.0. The van der Waals surface area contributed by atoms with Crippen molar-refractivity contribution in [2.75, 3.05) is 0 Å². The highest BCUT2D eigenvalue weighted by atomic mass is 35.5. The first-order valence-corrected chi connectivity index (χ1v) is 7.27. The number of aliphatic hydroxyl groups is 1. The maximum absolute atomic E-state index is 10.6. The molecule has 0 amide bonds. The molecular formula is C17H13Cl2NO. The standard InChI is InChI=1S/C17H13Cl2NO/c18-12-6-7-13(16(19)8-12)17(21)15-10-20-9-14(15)11-4-2-1-3-5-11/h1-10,17,20-21H. The van der Waals surface area contributed by atoms with E-state index in [9.17, 15) is 5.11 Å². The Morgan fingerprint density at radius 3 is 2.38 bits per heavy atom. The van der Waals surface area contributed by atoms with Crippen LogP contribution in [0.5, 0.6) is 0 Å². The molecule has 1 aromatic heterocycles. The van der Waals surface area contributed by atoms with E-state index in [2.05, 4.69) is 4.98 Å². The van der Waals surface area contributed by atoms with Gasteiger partial charge in [-0.15, -0.1) is 0 Å². The van der Waals surface area contributed by atoms with E-state index in [0.29, 0.717) is 15.6 Å². The molecule has 0 radical (unpaired) electrons. The van der Waals surface area contributed by atoms with Gasteiger partial charge in [-0.1, -0.05) is 59.6 Å². The van der Waals surface area contributed by atoms with E-state index in [1.807, 2.05) is 36.5 Å². The lowest BCUT2D eigenvalue weighted by molar-refractivity contribution is 0.221. The van der Waals surface area contributed by atoms with Crippen molar-refractivity contribution in [3.8, 4) is 11.1 Å². The fourth-order valence-corrected chi connectivity index (χ4v) is 2.87. The molecule has 2 nitrogen and oxygen atoms in total. The summed E-state index contributed by atoms with van der Waals surface area (Å²) < 4.78 is 0. The van der Waals surface area contributed by atoms with E-state index < -0.39 is 6.10 Å². The first-order chi connectivity index (χ1) is 10.2. The van der Waals surface area contributed by atoms with Crippen molar-refractivity contribution in [3.63, 3.8) is 0 Å². The van der Waals surface area contributed by atoms with Crippen molar-refractivity contribution in [1.82, 2.24) is 4.98 Å². The van der Waals surface area contributed by atoms with Crippen molar-refractivity contribution in [2.24, 2.45) is 0 Å². The lowest BCUT2D eigenvalue weighted by Gasteiger charge is -2.14. The number of aromatic nitrogens is 1. The Morgan fingerprint density at radius 2 is 1.67 bits per heavy atom. The molecular weight excluding hydrogens is 305 g/mol. The van der Waals surface area contributed by atoms with Crippen molar-refractivity contribution in [2.45, 2.75) is 6.10 Å². The molecule has 1 unspecified atom stereocenters. The second-order valence-electron chi connectivity index (χ2n) is 4.76. The van der Waals surface area contributed by atoms with Gasteiger partial charge in [0.1, 0.15) is 6.10 Å². The van der Waals surface area contributed by atoms with E-state index >= 15 is 0 Å². The molecule has 1 atom stereocenters. The second-order valence-corrected chi connectivity index (χ2v) is 5.60. The number of hydrogen-bond donors (Lipinski definition) is 2. The minimum atomic E-state index is -0.809. The van der Waals surface area contributed by atoms with Gasteiger partial charge >= 0.3 is 0 Å². The summed E-state index contributed by atoms with van der Waals surface area (Å²) in [4.78, 5) is 3.05. The van der Waals surface area contributed by atoms with Crippen LogP contribution in [0.25, 0.3) is 11.1 Å². The van der Waals surface area contributed by atoms with E-state index in [1.165, 1.54) is 0 Å². The summed E-state index contributed by atoms with van der Waals surface area (Å²) in [6.07, 6.45) is 2.85.